The van der Waals surface area contributed by atoms with Gasteiger partial charge in [-0.15, -0.1) is 0 Å². The van der Waals surface area contributed by atoms with Crippen LogP contribution in [0.15, 0.2) is 48.5 Å². The van der Waals surface area contributed by atoms with E-state index < -0.39 is 5.97 Å². The van der Waals surface area contributed by atoms with Crippen LogP contribution in [0.2, 0.25) is 0 Å². The molecule has 27 heavy (non-hydrogen) atoms. The molecule has 0 aromatic heterocycles. The van der Waals surface area contributed by atoms with E-state index in [1.807, 2.05) is 43.3 Å². The Labute approximate surface area is 160 Å². The molecule has 0 spiro atoms. The van der Waals surface area contributed by atoms with Crippen LogP contribution < -0.4 is 5.32 Å². The van der Waals surface area contributed by atoms with Gasteiger partial charge in [-0.05, 0) is 61.1 Å². The monoisotopic (exact) mass is 366 g/mol. The first-order valence-electron chi connectivity index (χ1n) is 9.40. The van der Waals surface area contributed by atoms with Gasteiger partial charge in [0.2, 0.25) is 5.91 Å². The zero-order chi connectivity index (χ0) is 19.2. The first-order chi connectivity index (χ1) is 13.0. The lowest BCUT2D eigenvalue weighted by atomic mass is 9.90. The second-order valence-electron chi connectivity index (χ2n) is 7.20. The minimum atomic E-state index is -0.905. The molecule has 1 heterocycles. The number of carbonyl (C=O) groups is 2. The fourth-order valence-electron chi connectivity index (χ4n) is 3.63. The zero-order valence-corrected chi connectivity index (χ0v) is 15.6. The Bertz CT molecular complexity index is 801. The van der Waals surface area contributed by atoms with Crippen molar-refractivity contribution < 1.29 is 14.7 Å². The molecule has 3 rings (SSSR count). The lowest BCUT2D eigenvalue weighted by molar-refractivity contribution is -0.122. The lowest BCUT2D eigenvalue weighted by Gasteiger charge is -2.32. The second kappa shape index (κ2) is 8.82. The van der Waals surface area contributed by atoms with Crippen LogP contribution in [-0.2, 0) is 11.3 Å². The van der Waals surface area contributed by atoms with Gasteiger partial charge >= 0.3 is 5.97 Å². The van der Waals surface area contributed by atoms with Gasteiger partial charge in [0.05, 0.1) is 12.1 Å². The predicted molar refractivity (Wildman–Crippen MR) is 105 cm³/mol. The van der Waals surface area contributed by atoms with Crippen molar-refractivity contribution in [2.24, 2.45) is 0 Å². The van der Waals surface area contributed by atoms with Gasteiger partial charge in [-0.3, -0.25) is 9.69 Å². The average molecular weight is 366 g/mol. The normalized spacial score (nSPS) is 17.4. The van der Waals surface area contributed by atoms with E-state index in [0.717, 1.165) is 37.1 Å². The van der Waals surface area contributed by atoms with E-state index >= 15 is 0 Å². The summed E-state index contributed by atoms with van der Waals surface area (Å²) in [5.41, 5.74) is 3.77. The molecule has 1 aliphatic rings. The molecule has 1 amide bonds. The van der Waals surface area contributed by atoms with Crippen molar-refractivity contribution in [1.82, 2.24) is 10.2 Å². The number of likely N-dealkylation sites (tertiary alicyclic amines) is 1. The van der Waals surface area contributed by atoms with E-state index in [-0.39, 0.29) is 5.91 Å². The molecular weight excluding hydrogens is 340 g/mol. The maximum absolute atomic E-state index is 12.3. The lowest BCUT2D eigenvalue weighted by Crippen LogP contribution is -2.41. The van der Waals surface area contributed by atoms with Crippen LogP contribution in [0.4, 0.5) is 0 Å². The number of rotatable bonds is 6. The summed E-state index contributed by atoms with van der Waals surface area (Å²) in [6.07, 6.45) is 2.10. The third-order valence-corrected chi connectivity index (χ3v) is 5.24. The molecule has 1 unspecified atom stereocenters. The number of hydrogen-bond acceptors (Lipinski definition) is 3. The molecule has 0 aliphatic carbocycles. The Kier molecular flexibility index (Phi) is 6.24. The molecule has 0 saturated carbocycles. The van der Waals surface area contributed by atoms with Gasteiger partial charge in [0.1, 0.15) is 0 Å². The molecule has 2 aromatic carbocycles. The van der Waals surface area contributed by atoms with E-state index in [0.29, 0.717) is 24.6 Å². The van der Waals surface area contributed by atoms with Crippen molar-refractivity contribution in [3.05, 3.63) is 70.8 Å². The predicted octanol–water partition coefficient (Wildman–Crippen LogP) is 3.19. The number of amides is 1. The Hall–Kier alpha value is -2.66. The third kappa shape index (κ3) is 5.17. The van der Waals surface area contributed by atoms with Crippen molar-refractivity contribution in [1.29, 1.82) is 0 Å². The van der Waals surface area contributed by atoms with Gasteiger partial charge in [0, 0.05) is 13.1 Å². The summed E-state index contributed by atoms with van der Waals surface area (Å²) in [5.74, 6) is -0.525. The third-order valence-electron chi connectivity index (χ3n) is 5.24. The summed E-state index contributed by atoms with van der Waals surface area (Å²) in [4.78, 5) is 25.5. The van der Waals surface area contributed by atoms with Crippen LogP contribution in [0, 0.1) is 6.92 Å². The average Bonchev–Trinajstić information content (AvgIpc) is 2.67. The molecule has 142 valence electrons. The summed E-state index contributed by atoms with van der Waals surface area (Å²) in [7, 11) is 0. The zero-order valence-electron chi connectivity index (χ0n) is 15.6. The second-order valence-corrected chi connectivity index (χ2v) is 7.20. The standard InChI is InChI=1S/C22H26N2O3/c1-16-5-2-3-6-19(16)13-23-21(25)15-24-12-4-7-20(14-24)17-8-10-18(11-9-17)22(26)27/h2-3,5-6,8-11,20H,4,7,12-15H2,1H3,(H,23,25)(H,26,27). The van der Waals surface area contributed by atoms with Gasteiger partial charge in [-0.1, -0.05) is 36.4 Å². The number of carboxylic acid groups (broad SMARTS) is 1. The minimum Gasteiger partial charge on any atom is -0.478 e. The van der Waals surface area contributed by atoms with E-state index in [9.17, 15) is 9.59 Å². The molecule has 2 N–H and O–H groups in total. The van der Waals surface area contributed by atoms with Crippen LogP contribution in [0.1, 0.15) is 45.8 Å². The molecule has 5 heteroatoms. The molecule has 1 atom stereocenters. The van der Waals surface area contributed by atoms with Gasteiger partial charge in [0.15, 0.2) is 0 Å². The number of benzene rings is 2. The number of piperidine rings is 1. The molecular formula is C22H26N2O3. The van der Waals surface area contributed by atoms with Gasteiger partial charge < -0.3 is 10.4 Å². The Morgan fingerprint density at radius 3 is 2.59 bits per heavy atom. The maximum atomic E-state index is 12.3. The highest BCUT2D eigenvalue weighted by atomic mass is 16.4. The van der Waals surface area contributed by atoms with E-state index in [1.54, 1.807) is 12.1 Å². The van der Waals surface area contributed by atoms with Crippen molar-refractivity contribution >= 4 is 11.9 Å². The van der Waals surface area contributed by atoms with Crippen molar-refractivity contribution in [2.75, 3.05) is 19.6 Å². The smallest absolute Gasteiger partial charge is 0.335 e. The summed E-state index contributed by atoms with van der Waals surface area (Å²) in [6, 6.07) is 15.2. The first-order valence-corrected chi connectivity index (χ1v) is 9.40. The van der Waals surface area contributed by atoms with Gasteiger partial charge in [-0.2, -0.15) is 0 Å². The number of carboxylic acids is 1. The SMILES string of the molecule is Cc1ccccc1CNC(=O)CN1CCCC(c2ccc(C(=O)O)cc2)C1. The first kappa shape index (κ1) is 19.1. The largest absolute Gasteiger partial charge is 0.478 e. The van der Waals surface area contributed by atoms with E-state index in [2.05, 4.69) is 10.2 Å². The Morgan fingerprint density at radius 2 is 1.89 bits per heavy atom. The summed E-state index contributed by atoms with van der Waals surface area (Å²) in [5, 5.41) is 12.0. The van der Waals surface area contributed by atoms with Crippen molar-refractivity contribution in [3.8, 4) is 0 Å². The van der Waals surface area contributed by atoms with E-state index in [1.165, 1.54) is 5.56 Å². The highest BCUT2D eigenvalue weighted by molar-refractivity contribution is 5.87. The topological polar surface area (TPSA) is 69.6 Å². The van der Waals surface area contributed by atoms with Crippen LogP contribution in [-0.4, -0.2) is 41.5 Å². The Balaban J connectivity index is 1.52. The van der Waals surface area contributed by atoms with Crippen molar-refractivity contribution in [2.45, 2.75) is 32.2 Å². The summed E-state index contributed by atoms with van der Waals surface area (Å²) < 4.78 is 0. The summed E-state index contributed by atoms with van der Waals surface area (Å²) in [6.45, 7) is 4.74. The number of aryl methyl sites for hydroxylation is 1. The fraction of sp³-hybridized carbons (Fsp3) is 0.364. The van der Waals surface area contributed by atoms with Gasteiger partial charge in [0.25, 0.3) is 0 Å². The fourth-order valence-corrected chi connectivity index (χ4v) is 3.63. The molecule has 1 saturated heterocycles. The van der Waals surface area contributed by atoms with Crippen LogP contribution in [0.3, 0.4) is 0 Å². The molecule has 0 bridgehead atoms. The van der Waals surface area contributed by atoms with Crippen LogP contribution >= 0.6 is 0 Å². The quantitative estimate of drug-likeness (QED) is 0.824. The number of aromatic carboxylic acids is 1. The number of nitrogens with zero attached hydrogens (tertiary/aromatic N) is 1. The molecule has 1 fully saturated rings. The summed E-state index contributed by atoms with van der Waals surface area (Å²) >= 11 is 0. The molecule has 1 aliphatic heterocycles. The van der Waals surface area contributed by atoms with Crippen molar-refractivity contribution in [3.63, 3.8) is 0 Å². The highest BCUT2D eigenvalue weighted by Crippen LogP contribution is 2.27. The number of hydrogen-bond donors (Lipinski definition) is 2. The van der Waals surface area contributed by atoms with Gasteiger partial charge in [-0.25, -0.2) is 4.79 Å². The van der Waals surface area contributed by atoms with E-state index in [4.69, 9.17) is 5.11 Å². The molecule has 0 radical (unpaired) electrons. The number of nitrogens with one attached hydrogen (secondary N) is 1. The van der Waals surface area contributed by atoms with Crippen LogP contribution in [0.5, 0.6) is 0 Å². The molecule has 2 aromatic rings. The highest BCUT2D eigenvalue weighted by Gasteiger charge is 2.23. The van der Waals surface area contributed by atoms with Crippen LogP contribution in [0.25, 0.3) is 0 Å². The minimum absolute atomic E-state index is 0.0418. The maximum Gasteiger partial charge on any atom is 0.335 e. The molecule has 5 nitrogen and oxygen atoms in total. The number of carbonyl (C=O) groups excluding carboxylic acids is 1. The Morgan fingerprint density at radius 1 is 1.15 bits per heavy atom.